The maximum atomic E-state index is 12.2. The third kappa shape index (κ3) is 3.79. The van der Waals surface area contributed by atoms with E-state index in [2.05, 4.69) is 10.0 Å². The van der Waals surface area contributed by atoms with Gasteiger partial charge in [-0.2, -0.15) is 0 Å². The summed E-state index contributed by atoms with van der Waals surface area (Å²) in [7, 11) is -1.55. The first-order chi connectivity index (χ1) is 9.53. The second-order valence-electron chi connectivity index (χ2n) is 5.16. The van der Waals surface area contributed by atoms with Crippen LogP contribution in [0.2, 0.25) is 0 Å². The molecule has 2 unspecified atom stereocenters. The average molecular weight is 298 g/mol. The molecule has 0 bridgehead atoms. The van der Waals surface area contributed by atoms with Gasteiger partial charge in [-0.05, 0) is 44.0 Å². The van der Waals surface area contributed by atoms with E-state index in [1.807, 2.05) is 26.1 Å². The molecule has 2 atom stereocenters. The van der Waals surface area contributed by atoms with Crippen molar-refractivity contribution in [2.75, 3.05) is 26.8 Å². The summed E-state index contributed by atoms with van der Waals surface area (Å²) in [4.78, 5) is 0.309. The van der Waals surface area contributed by atoms with Crippen LogP contribution in [0.25, 0.3) is 0 Å². The van der Waals surface area contributed by atoms with Crippen molar-refractivity contribution in [3.05, 3.63) is 29.8 Å². The molecule has 0 spiro atoms. The zero-order valence-corrected chi connectivity index (χ0v) is 12.7. The fourth-order valence-corrected chi connectivity index (χ4v) is 3.27. The van der Waals surface area contributed by atoms with E-state index in [0.29, 0.717) is 18.0 Å². The van der Waals surface area contributed by atoms with Crippen molar-refractivity contribution in [2.24, 2.45) is 5.92 Å². The van der Waals surface area contributed by atoms with E-state index in [1.165, 1.54) is 0 Å². The highest BCUT2D eigenvalue weighted by atomic mass is 32.2. The van der Waals surface area contributed by atoms with Gasteiger partial charge >= 0.3 is 0 Å². The molecule has 0 radical (unpaired) electrons. The first-order valence-corrected chi connectivity index (χ1v) is 8.36. The largest absolute Gasteiger partial charge is 0.381 e. The first kappa shape index (κ1) is 15.4. The molecule has 20 heavy (non-hydrogen) atoms. The van der Waals surface area contributed by atoms with Crippen LogP contribution in [0.4, 0.5) is 0 Å². The molecule has 1 fully saturated rings. The molecule has 0 saturated carbocycles. The van der Waals surface area contributed by atoms with Crippen LogP contribution in [-0.4, -0.2) is 35.2 Å². The summed E-state index contributed by atoms with van der Waals surface area (Å²) in [5, 5.41) is 3.12. The van der Waals surface area contributed by atoms with E-state index in [-0.39, 0.29) is 12.0 Å². The molecule has 1 heterocycles. The lowest BCUT2D eigenvalue weighted by Crippen LogP contribution is -2.29. The number of nitrogens with one attached hydrogen (secondary N) is 2. The second-order valence-corrected chi connectivity index (χ2v) is 6.93. The summed E-state index contributed by atoms with van der Waals surface area (Å²) in [5.74, 6) is 0.286. The molecular weight excluding hydrogens is 276 g/mol. The molecule has 6 heteroatoms. The van der Waals surface area contributed by atoms with Gasteiger partial charge < -0.3 is 10.1 Å². The van der Waals surface area contributed by atoms with Crippen LogP contribution in [0.3, 0.4) is 0 Å². The van der Waals surface area contributed by atoms with Gasteiger partial charge in [0.05, 0.1) is 11.5 Å². The summed E-state index contributed by atoms with van der Waals surface area (Å²) in [6.07, 6.45) is 0.918. The lowest BCUT2D eigenvalue weighted by atomic mass is 10.1. The van der Waals surface area contributed by atoms with Gasteiger partial charge in [0, 0.05) is 19.2 Å². The Morgan fingerprint density at radius 2 is 2.05 bits per heavy atom. The molecule has 2 N–H and O–H groups in total. The predicted octanol–water partition coefficient (Wildman–Crippen LogP) is 1.28. The van der Waals surface area contributed by atoms with Gasteiger partial charge in [-0.25, -0.2) is 13.1 Å². The minimum atomic E-state index is -3.42. The highest BCUT2D eigenvalue weighted by Crippen LogP contribution is 2.17. The molecule has 112 valence electrons. The summed E-state index contributed by atoms with van der Waals surface area (Å²) < 4.78 is 32.2. The zero-order chi connectivity index (χ0) is 14.6. The molecule has 0 aliphatic carbocycles. The minimum Gasteiger partial charge on any atom is -0.381 e. The Morgan fingerprint density at radius 1 is 1.35 bits per heavy atom. The smallest absolute Gasteiger partial charge is 0.240 e. The van der Waals surface area contributed by atoms with Crippen molar-refractivity contribution in [3.8, 4) is 0 Å². The monoisotopic (exact) mass is 298 g/mol. The Labute approximate surface area is 120 Å². The van der Waals surface area contributed by atoms with Gasteiger partial charge in [-0.15, -0.1) is 0 Å². The van der Waals surface area contributed by atoms with Gasteiger partial charge in [0.15, 0.2) is 0 Å². The van der Waals surface area contributed by atoms with Gasteiger partial charge in [-0.1, -0.05) is 12.1 Å². The minimum absolute atomic E-state index is 0.204. The SMILES string of the molecule is CNC(C)c1ccc(S(=O)(=O)NCC2CCOC2)cc1. The zero-order valence-electron chi connectivity index (χ0n) is 11.9. The summed E-state index contributed by atoms with van der Waals surface area (Å²) in [6, 6.07) is 7.19. The molecule has 0 amide bonds. The lowest BCUT2D eigenvalue weighted by molar-refractivity contribution is 0.186. The number of ether oxygens (including phenoxy) is 1. The summed E-state index contributed by atoms with van der Waals surface area (Å²) in [5.41, 5.74) is 1.07. The average Bonchev–Trinajstić information content (AvgIpc) is 2.98. The van der Waals surface area contributed by atoms with Crippen molar-refractivity contribution in [2.45, 2.75) is 24.3 Å². The van der Waals surface area contributed by atoms with Gasteiger partial charge in [0.25, 0.3) is 0 Å². The predicted molar refractivity (Wildman–Crippen MR) is 78.0 cm³/mol. The van der Waals surface area contributed by atoms with Crippen LogP contribution < -0.4 is 10.0 Å². The fraction of sp³-hybridized carbons (Fsp3) is 0.571. The van der Waals surface area contributed by atoms with Crippen LogP contribution in [0.5, 0.6) is 0 Å². The number of benzene rings is 1. The molecule has 1 aromatic carbocycles. The topological polar surface area (TPSA) is 67.4 Å². The number of sulfonamides is 1. The molecule has 2 rings (SSSR count). The van der Waals surface area contributed by atoms with Crippen LogP contribution in [0.15, 0.2) is 29.2 Å². The highest BCUT2D eigenvalue weighted by molar-refractivity contribution is 7.89. The van der Waals surface area contributed by atoms with E-state index < -0.39 is 10.0 Å². The highest BCUT2D eigenvalue weighted by Gasteiger charge is 2.20. The Morgan fingerprint density at radius 3 is 2.60 bits per heavy atom. The van der Waals surface area contributed by atoms with Gasteiger partial charge in [-0.3, -0.25) is 0 Å². The Balaban J connectivity index is 2.01. The standard InChI is InChI=1S/C14H22N2O3S/c1-11(15-2)13-3-5-14(6-4-13)20(17,18)16-9-12-7-8-19-10-12/h3-6,11-12,15-16H,7-10H2,1-2H3. The van der Waals surface area contributed by atoms with Crippen molar-refractivity contribution < 1.29 is 13.2 Å². The van der Waals surface area contributed by atoms with Gasteiger partial charge in [0.1, 0.15) is 0 Å². The summed E-state index contributed by atoms with van der Waals surface area (Å²) in [6.45, 7) is 3.84. The molecular formula is C14H22N2O3S. The number of rotatable bonds is 6. The number of hydrogen-bond donors (Lipinski definition) is 2. The van der Waals surface area contributed by atoms with Crippen molar-refractivity contribution in [3.63, 3.8) is 0 Å². The molecule has 1 aromatic rings. The van der Waals surface area contributed by atoms with Crippen LogP contribution in [0.1, 0.15) is 24.9 Å². The molecule has 1 aliphatic heterocycles. The first-order valence-electron chi connectivity index (χ1n) is 6.87. The van der Waals surface area contributed by atoms with E-state index in [1.54, 1.807) is 12.1 Å². The Hall–Kier alpha value is -0.950. The van der Waals surface area contributed by atoms with Crippen molar-refractivity contribution >= 4 is 10.0 Å². The molecule has 0 aromatic heterocycles. The van der Waals surface area contributed by atoms with Crippen LogP contribution in [-0.2, 0) is 14.8 Å². The van der Waals surface area contributed by atoms with Crippen LogP contribution >= 0.6 is 0 Å². The Kier molecular flexibility index (Phi) is 5.15. The Bertz CT molecular complexity index is 522. The van der Waals surface area contributed by atoms with Gasteiger partial charge in [0.2, 0.25) is 10.0 Å². The molecule has 1 saturated heterocycles. The quantitative estimate of drug-likeness (QED) is 0.830. The lowest BCUT2D eigenvalue weighted by Gasteiger charge is -2.13. The third-order valence-corrected chi connectivity index (χ3v) is 5.15. The molecule has 5 nitrogen and oxygen atoms in total. The second kappa shape index (κ2) is 6.67. The normalized spacial score (nSPS) is 21.0. The maximum Gasteiger partial charge on any atom is 0.240 e. The van der Waals surface area contributed by atoms with E-state index in [4.69, 9.17) is 4.74 Å². The summed E-state index contributed by atoms with van der Waals surface area (Å²) >= 11 is 0. The van der Waals surface area contributed by atoms with E-state index in [9.17, 15) is 8.42 Å². The third-order valence-electron chi connectivity index (χ3n) is 3.71. The number of hydrogen-bond acceptors (Lipinski definition) is 4. The molecule has 1 aliphatic rings. The van der Waals surface area contributed by atoms with Crippen LogP contribution in [0, 0.1) is 5.92 Å². The van der Waals surface area contributed by atoms with E-state index >= 15 is 0 Å². The van der Waals surface area contributed by atoms with E-state index in [0.717, 1.165) is 18.6 Å². The maximum absolute atomic E-state index is 12.2. The fourth-order valence-electron chi connectivity index (χ4n) is 2.16. The van der Waals surface area contributed by atoms with Crippen molar-refractivity contribution in [1.82, 2.24) is 10.0 Å². The van der Waals surface area contributed by atoms with Crippen molar-refractivity contribution in [1.29, 1.82) is 0 Å².